The molecular formula is C22H32O3. The van der Waals surface area contributed by atoms with Crippen LogP contribution in [0.5, 0.6) is 5.75 Å². The quantitative estimate of drug-likeness (QED) is 0.512. The molecule has 1 saturated carbocycles. The predicted octanol–water partition coefficient (Wildman–Crippen LogP) is 5.85. The lowest BCUT2D eigenvalue weighted by molar-refractivity contribution is -0.131. The van der Waals surface area contributed by atoms with Gasteiger partial charge in [-0.3, -0.25) is 0 Å². The van der Waals surface area contributed by atoms with Gasteiger partial charge in [-0.15, -0.1) is 0 Å². The molecule has 25 heavy (non-hydrogen) atoms. The summed E-state index contributed by atoms with van der Waals surface area (Å²) >= 11 is 0. The summed E-state index contributed by atoms with van der Waals surface area (Å²) in [6.07, 6.45) is 13.8. The van der Waals surface area contributed by atoms with Gasteiger partial charge < -0.3 is 9.84 Å². The second-order valence-corrected chi connectivity index (χ2v) is 7.20. The number of ether oxygens (including phenoxy) is 1. The highest BCUT2D eigenvalue weighted by atomic mass is 16.5. The molecule has 1 unspecified atom stereocenters. The van der Waals surface area contributed by atoms with E-state index in [4.69, 9.17) is 9.84 Å². The number of hydrogen-bond donors (Lipinski definition) is 1. The van der Waals surface area contributed by atoms with Crippen molar-refractivity contribution < 1.29 is 14.6 Å². The van der Waals surface area contributed by atoms with Gasteiger partial charge in [0.25, 0.3) is 0 Å². The van der Waals surface area contributed by atoms with E-state index in [1.807, 2.05) is 30.3 Å². The third-order valence-electron chi connectivity index (χ3n) is 5.27. The van der Waals surface area contributed by atoms with Crippen molar-refractivity contribution in [3.8, 4) is 5.75 Å². The van der Waals surface area contributed by atoms with E-state index in [-0.39, 0.29) is 6.10 Å². The topological polar surface area (TPSA) is 46.5 Å². The van der Waals surface area contributed by atoms with E-state index in [9.17, 15) is 4.79 Å². The Labute approximate surface area is 152 Å². The first kappa shape index (κ1) is 19.6. The molecule has 3 nitrogen and oxygen atoms in total. The number of hydrogen-bond acceptors (Lipinski definition) is 2. The van der Waals surface area contributed by atoms with Gasteiger partial charge >= 0.3 is 5.97 Å². The maximum atomic E-state index is 10.6. The molecule has 0 aliphatic heterocycles. The molecule has 1 aromatic rings. The number of carboxylic acid groups (broad SMARTS) is 1. The summed E-state index contributed by atoms with van der Waals surface area (Å²) in [7, 11) is 0. The Morgan fingerprint density at radius 1 is 1.28 bits per heavy atom. The summed E-state index contributed by atoms with van der Waals surface area (Å²) in [5, 5.41) is 8.74. The van der Waals surface area contributed by atoms with Crippen molar-refractivity contribution in [2.75, 3.05) is 0 Å². The van der Waals surface area contributed by atoms with E-state index in [2.05, 4.69) is 6.92 Å². The van der Waals surface area contributed by atoms with E-state index in [0.29, 0.717) is 0 Å². The van der Waals surface area contributed by atoms with Crippen LogP contribution in [-0.4, -0.2) is 17.2 Å². The summed E-state index contributed by atoms with van der Waals surface area (Å²) in [6, 6.07) is 9.99. The number of benzene rings is 1. The Hall–Kier alpha value is -1.77. The SMILES string of the molecule is CCCC[C@H]1CCC[C@@H]1CC(CCC=CC(=O)O)Oc1ccccc1. The Morgan fingerprint density at radius 2 is 2.04 bits per heavy atom. The molecule has 2 rings (SSSR count). The number of unbranched alkanes of at least 4 members (excludes halogenated alkanes) is 1. The van der Waals surface area contributed by atoms with Crippen LogP contribution in [0.1, 0.15) is 64.7 Å². The zero-order valence-electron chi connectivity index (χ0n) is 15.4. The Balaban J connectivity index is 1.93. The fraction of sp³-hybridized carbons (Fsp3) is 0.591. The van der Waals surface area contributed by atoms with Crippen LogP contribution >= 0.6 is 0 Å². The third-order valence-corrected chi connectivity index (χ3v) is 5.27. The molecule has 0 heterocycles. The van der Waals surface area contributed by atoms with Crippen molar-refractivity contribution >= 4 is 5.97 Å². The molecule has 1 aliphatic rings. The van der Waals surface area contributed by atoms with Crippen LogP contribution in [0.2, 0.25) is 0 Å². The number of allylic oxidation sites excluding steroid dienone is 1. The van der Waals surface area contributed by atoms with Crippen molar-refractivity contribution in [2.45, 2.75) is 70.8 Å². The first-order valence-electron chi connectivity index (χ1n) is 9.80. The van der Waals surface area contributed by atoms with Crippen LogP contribution in [0.15, 0.2) is 42.5 Å². The summed E-state index contributed by atoms with van der Waals surface area (Å²) < 4.78 is 6.25. The van der Waals surface area contributed by atoms with Crippen LogP contribution in [0.25, 0.3) is 0 Å². The van der Waals surface area contributed by atoms with Crippen LogP contribution in [-0.2, 0) is 4.79 Å². The molecule has 0 spiro atoms. The average molecular weight is 344 g/mol. The molecule has 0 radical (unpaired) electrons. The minimum absolute atomic E-state index is 0.160. The highest BCUT2D eigenvalue weighted by molar-refractivity contribution is 5.79. The lowest BCUT2D eigenvalue weighted by Gasteiger charge is -2.26. The lowest BCUT2D eigenvalue weighted by atomic mass is 9.86. The fourth-order valence-electron chi connectivity index (χ4n) is 3.99. The van der Waals surface area contributed by atoms with Gasteiger partial charge in [-0.1, -0.05) is 69.7 Å². The van der Waals surface area contributed by atoms with Gasteiger partial charge in [0.15, 0.2) is 0 Å². The molecule has 3 atom stereocenters. The number of carbonyl (C=O) groups is 1. The molecular weight excluding hydrogens is 312 g/mol. The molecule has 0 saturated heterocycles. The minimum Gasteiger partial charge on any atom is -0.490 e. The normalized spacial score (nSPS) is 21.5. The molecule has 0 amide bonds. The molecule has 3 heteroatoms. The van der Waals surface area contributed by atoms with E-state index in [0.717, 1.165) is 36.8 Å². The fourth-order valence-corrected chi connectivity index (χ4v) is 3.99. The van der Waals surface area contributed by atoms with Crippen molar-refractivity contribution in [3.05, 3.63) is 42.5 Å². The van der Waals surface area contributed by atoms with E-state index in [1.165, 1.54) is 44.6 Å². The zero-order valence-corrected chi connectivity index (χ0v) is 15.4. The predicted molar refractivity (Wildman–Crippen MR) is 102 cm³/mol. The largest absolute Gasteiger partial charge is 0.490 e. The van der Waals surface area contributed by atoms with Gasteiger partial charge in [-0.05, 0) is 43.2 Å². The first-order valence-corrected chi connectivity index (χ1v) is 9.80. The zero-order chi connectivity index (χ0) is 17.9. The number of para-hydroxylation sites is 1. The van der Waals surface area contributed by atoms with Crippen LogP contribution in [0.3, 0.4) is 0 Å². The van der Waals surface area contributed by atoms with Gasteiger partial charge in [0.2, 0.25) is 0 Å². The average Bonchev–Trinajstić information content (AvgIpc) is 3.04. The molecule has 1 aliphatic carbocycles. The van der Waals surface area contributed by atoms with Gasteiger partial charge in [0.1, 0.15) is 5.75 Å². The summed E-state index contributed by atoms with van der Waals surface area (Å²) in [5.74, 6) is 1.63. The highest BCUT2D eigenvalue weighted by Crippen LogP contribution is 2.39. The summed E-state index contributed by atoms with van der Waals surface area (Å²) in [6.45, 7) is 2.26. The first-order chi connectivity index (χ1) is 12.2. The Bertz CT molecular complexity index is 523. The van der Waals surface area contributed by atoms with Crippen molar-refractivity contribution in [3.63, 3.8) is 0 Å². The lowest BCUT2D eigenvalue weighted by Crippen LogP contribution is -2.23. The maximum Gasteiger partial charge on any atom is 0.327 e. The van der Waals surface area contributed by atoms with Crippen molar-refractivity contribution in [2.24, 2.45) is 11.8 Å². The summed E-state index contributed by atoms with van der Waals surface area (Å²) in [5.41, 5.74) is 0. The van der Waals surface area contributed by atoms with Crippen molar-refractivity contribution in [1.82, 2.24) is 0 Å². The van der Waals surface area contributed by atoms with Gasteiger partial charge in [0, 0.05) is 6.08 Å². The molecule has 0 aromatic heterocycles. The van der Waals surface area contributed by atoms with Crippen LogP contribution in [0, 0.1) is 11.8 Å². The van der Waals surface area contributed by atoms with Crippen LogP contribution < -0.4 is 4.74 Å². The van der Waals surface area contributed by atoms with E-state index < -0.39 is 5.97 Å². The minimum atomic E-state index is -0.879. The number of rotatable bonds is 11. The number of carboxylic acids is 1. The molecule has 1 aromatic carbocycles. The molecule has 1 N–H and O–H groups in total. The third kappa shape index (κ3) is 7.33. The second kappa shape index (κ2) is 11.0. The molecule has 1 fully saturated rings. The van der Waals surface area contributed by atoms with Gasteiger partial charge in [-0.2, -0.15) is 0 Å². The highest BCUT2D eigenvalue weighted by Gasteiger charge is 2.29. The van der Waals surface area contributed by atoms with Gasteiger partial charge in [-0.25, -0.2) is 4.79 Å². The number of aliphatic carboxylic acids is 1. The standard InChI is InChI=1S/C22H32O3/c1-2-3-10-18-11-9-12-19(18)17-21(15-7-8-16-22(23)24)25-20-13-5-4-6-14-20/h4-6,8,13-14,16,18-19,21H,2-3,7,9-12,15,17H2,1H3,(H,23,24)/t18-,19+,21?/m0/s1. The smallest absolute Gasteiger partial charge is 0.327 e. The van der Waals surface area contributed by atoms with E-state index >= 15 is 0 Å². The van der Waals surface area contributed by atoms with Gasteiger partial charge in [0.05, 0.1) is 6.10 Å². The second-order valence-electron chi connectivity index (χ2n) is 7.20. The summed E-state index contributed by atoms with van der Waals surface area (Å²) in [4.78, 5) is 10.6. The Morgan fingerprint density at radius 3 is 2.76 bits per heavy atom. The van der Waals surface area contributed by atoms with Crippen molar-refractivity contribution in [1.29, 1.82) is 0 Å². The maximum absolute atomic E-state index is 10.6. The molecule has 138 valence electrons. The van der Waals surface area contributed by atoms with Crippen LogP contribution in [0.4, 0.5) is 0 Å². The molecule has 0 bridgehead atoms. The Kier molecular flexibility index (Phi) is 8.58. The van der Waals surface area contributed by atoms with E-state index in [1.54, 1.807) is 6.08 Å². The monoisotopic (exact) mass is 344 g/mol.